The molecule has 1 atom stereocenters. The maximum atomic E-state index is 12.3. The molecule has 22 heavy (non-hydrogen) atoms. The summed E-state index contributed by atoms with van der Waals surface area (Å²) < 4.78 is 1.66. The van der Waals surface area contributed by atoms with E-state index in [0.29, 0.717) is 11.9 Å². The Hall–Kier alpha value is -2.02. The minimum atomic E-state index is -0.0707. The van der Waals surface area contributed by atoms with E-state index in [1.165, 1.54) is 0 Å². The summed E-state index contributed by atoms with van der Waals surface area (Å²) in [5.41, 5.74) is 1.64. The normalized spacial score (nSPS) is 17.5. The molecule has 2 aromatic rings. The van der Waals surface area contributed by atoms with Gasteiger partial charge in [-0.25, -0.2) is 9.78 Å². The summed E-state index contributed by atoms with van der Waals surface area (Å²) in [6.45, 7) is 0. The number of benzene rings is 1. The van der Waals surface area contributed by atoms with Crippen LogP contribution in [0.15, 0.2) is 30.6 Å². The number of aryl methyl sites for hydroxylation is 1. The van der Waals surface area contributed by atoms with Crippen LogP contribution in [0.1, 0.15) is 6.42 Å². The largest absolute Gasteiger partial charge is 0.324 e. The summed E-state index contributed by atoms with van der Waals surface area (Å²) in [6, 6.07) is 7.85. The number of carbonyl (C=O) groups excluding carboxylic acids is 1. The highest BCUT2D eigenvalue weighted by molar-refractivity contribution is 7.99. The Bertz CT molecular complexity index is 665. The van der Waals surface area contributed by atoms with Gasteiger partial charge in [-0.2, -0.15) is 16.9 Å². The Morgan fingerprint density at radius 1 is 1.50 bits per heavy atom. The second-order valence-electron chi connectivity index (χ2n) is 5.38. The highest BCUT2D eigenvalue weighted by atomic mass is 32.2. The van der Waals surface area contributed by atoms with Crippen LogP contribution in [0.5, 0.6) is 0 Å². The number of aromatic nitrogens is 3. The molecule has 2 amide bonds. The van der Waals surface area contributed by atoms with E-state index < -0.39 is 0 Å². The van der Waals surface area contributed by atoms with Crippen LogP contribution in [0.4, 0.5) is 10.5 Å². The van der Waals surface area contributed by atoms with Crippen LogP contribution in [0.25, 0.3) is 11.4 Å². The van der Waals surface area contributed by atoms with Gasteiger partial charge in [-0.05, 0) is 24.3 Å². The molecule has 1 aromatic carbocycles. The van der Waals surface area contributed by atoms with Crippen LogP contribution in [0.2, 0.25) is 0 Å². The lowest BCUT2D eigenvalue weighted by Crippen LogP contribution is -2.39. The first kappa shape index (κ1) is 14.9. The van der Waals surface area contributed by atoms with Gasteiger partial charge in [0.1, 0.15) is 6.33 Å². The van der Waals surface area contributed by atoms with Gasteiger partial charge in [0.25, 0.3) is 0 Å². The van der Waals surface area contributed by atoms with E-state index in [1.54, 1.807) is 15.9 Å². The summed E-state index contributed by atoms with van der Waals surface area (Å²) in [5, 5.41) is 7.23. The Morgan fingerprint density at radius 3 is 3.05 bits per heavy atom. The van der Waals surface area contributed by atoms with Crippen molar-refractivity contribution >= 4 is 23.5 Å². The van der Waals surface area contributed by atoms with Crippen molar-refractivity contribution in [3.05, 3.63) is 30.6 Å². The van der Waals surface area contributed by atoms with E-state index in [4.69, 9.17) is 0 Å². The van der Waals surface area contributed by atoms with E-state index in [2.05, 4.69) is 15.4 Å². The van der Waals surface area contributed by atoms with Gasteiger partial charge in [0.05, 0.1) is 0 Å². The van der Waals surface area contributed by atoms with Crippen molar-refractivity contribution in [1.82, 2.24) is 19.7 Å². The number of hydrogen-bond donors (Lipinski definition) is 1. The van der Waals surface area contributed by atoms with Crippen LogP contribution >= 0.6 is 11.8 Å². The van der Waals surface area contributed by atoms with Crippen molar-refractivity contribution < 1.29 is 4.79 Å². The summed E-state index contributed by atoms with van der Waals surface area (Å²) >= 11 is 1.90. The lowest BCUT2D eigenvalue weighted by Gasteiger charge is -2.24. The lowest BCUT2D eigenvalue weighted by molar-refractivity contribution is 0.209. The zero-order valence-corrected chi connectivity index (χ0v) is 13.5. The summed E-state index contributed by atoms with van der Waals surface area (Å²) in [7, 11) is 3.69. The topological polar surface area (TPSA) is 63.1 Å². The first-order valence-electron chi connectivity index (χ1n) is 7.21. The zero-order valence-electron chi connectivity index (χ0n) is 12.7. The van der Waals surface area contributed by atoms with Gasteiger partial charge in [-0.15, -0.1) is 0 Å². The maximum absolute atomic E-state index is 12.3. The van der Waals surface area contributed by atoms with E-state index in [9.17, 15) is 4.79 Å². The number of urea groups is 1. The Kier molecular flexibility index (Phi) is 4.33. The molecule has 1 N–H and O–H groups in total. The first-order chi connectivity index (χ1) is 10.6. The molecule has 0 spiro atoms. The molecule has 0 radical (unpaired) electrons. The molecular formula is C15H19N5OS. The Balaban J connectivity index is 1.71. The third-order valence-electron chi connectivity index (χ3n) is 3.75. The molecule has 1 fully saturated rings. The Labute approximate surface area is 133 Å². The fourth-order valence-electron chi connectivity index (χ4n) is 2.41. The number of carbonyl (C=O) groups is 1. The number of rotatable bonds is 3. The van der Waals surface area contributed by atoms with Crippen LogP contribution < -0.4 is 5.32 Å². The van der Waals surface area contributed by atoms with Gasteiger partial charge in [0.2, 0.25) is 0 Å². The number of thioether (sulfide) groups is 1. The molecule has 116 valence electrons. The molecule has 7 heteroatoms. The Morgan fingerprint density at radius 2 is 2.36 bits per heavy atom. The van der Waals surface area contributed by atoms with E-state index >= 15 is 0 Å². The van der Waals surface area contributed by atoms with Crippen LogP contribution in [-0.2, 0) is 7.05 Å². The van der Waals surface area contributed by atoms with Gasteiger partial charge >= 0.3 is 6.03 Å². The van der Waals surface area contributed by atoms with Crippen LogP contribution in [0, 0.1) is 0 Å². The van der Waals surface area contributed by atoms with Gasteiger partial charge in [-0.3, -0.25) is 4.68 Å². The average Bonchev–Trinajstić information content (AvgIpc) is 3.18. The molecule has 1 aromatic heterocycles. The van der Waals surface area contributed by atoms with Crippen molar-refractivity contribution in [2.75, 3.05) is 23.9 Å². The molecule has 1 aliphatic heterocycles. The number of nitrogens with one attached hydrogen (secondary N) is 1. The van der Waals surface area contributed by atoms with E-state index in [1.807, 2.05) is 50.1 Å². The van der Waals surface area contributed by atoms with E-state index in [-0.39, 0.29) is 6.03 Å². The van der Waals surface area contributed by atoms with Gasteiger partial charge < -0.3 is 10.2 Å². The molecule has 6 nitrogen and oxygen atoms in total. The molecular weight excluding hydrogens is 298 g/mol. The highest BCUT2D eigenvalue weighted by Crippen LogP contribution is 2.23. The fraction of sp³-hybridized carbons (Fsp3) is 0.400. The monoisotopic (exact) mass is 317 g/mol. The molecule has 1 aliphatic rings. The molecule has 0 saturated carbocycles. The molecule has 0 bridgehead atoms. The number of nitrogens with zero attached hydrogens (tertiary/aromatic N) is 4. The highest BCUT2D eigenvalue weighted by Gasteiger charge is 2.23. The fourth-order valence-corrected chi connectivity index (χ4v) is 3.68. The van der Waals surface area contributed by atoms with Gasteiger partial charge in [0.15, 0.2) is 5.82 Å². The van der Waals surface area contributed by atoms with Crippen molar-refractivity contribution in [1.29, 1.82) is 0 Å². The first-order valence-corrected chi connectivity index (χ1v) is 8.36. The summed E-state index contributed by atoms with van der Waals surface area (Å²) in [4.78, 5) is 18.3. The second kappa shape index (κ2) is 6.39. The SMILES string of the molecule is CN(C(=O)Nc1cccc(-c2ncn(C)n2)c1)C1CCSC1. The second-order valence-corrected chi connectivity index (χ2v) is 6.53. The molecule has 1 saturated heterocycles. The van der Waals surface area contributed by atoms with Crippen molar-refractivity contribution in [2.45, 2.75) is 12.5 Å². The molecule has 1 unspecified atom stereocenters. The lowest BCUT2D eigenvalue weighted by atomic mass is 10.2. The van der Waals surface area contributed by atoms with Crippen molar-refractivity contribution in [3.8, 4) is 11.4 Å². The van der Waals surface area contributed by atoms with Gasteiger partial charge in [0, 0.05) is 37.1 Å². The standard InChI is InChI=1S/C15H19N5OS/c1-19-10-16-14(18-19)11-4-3-5-12(8-11)17-15(21)20(2)13-6-7-22-9-13/h3-5,8,10,13H,6-7,9H2,1-2H3,(H,17,21). The number of amides is 2. The van der Waals surface area contributed by atoms with Gasteiger partial charge in [-0.1, -0.05) is 12.1 Å². The van der Waals surface area contributed by atoms with Crippen molar-refractivity contribution in [3.63, 3.8) is 0 Å². The van der Waals surface area contributed by atoms with Crippen LogP contribution in [0.3, 0.4) is 0 Å². The number of anilines is 1. The van der Waals surface area contributed by atoms with Crippen LogP contribution in [-0.4, -0.2) is 50.3 Å². The molecule has 3 rings (SSSR count). The predicted molar refractivity (Wildman–Crippen MR) is 89.0 cm³/mol. The summed E-state index contributed by atoms with van der Waals surface area (Å²) in [5.74, 6) is 2.80. The quantitative estimate of drug-likeness (QED) is 0.944. The summed E-state index contributed by atoms with van der Waals surface area (Å²) in [6.07, 6.45) is 2.72. The molecule has 0 aliphatic carbocycles. The predicted octanol–water partition coefficient (Wildman–Crippen LogP) is 2.45. The number of hydrogen-bond acceptors (Lipinski definition) is 4. The van der Waals surface area contributed by atoms with E-state index in [0.717, 1.165) is 29.2 Å². The van der Waals surface area contributed by atoms with Crippen molar-refractivity contribution in [2.24, 2.45) is 7.05 Å². The molecule has 2 heterocycles. The third-order valence-corrected chi connectivity index (χ3v) is 4.89. The smallest absolute Gasteiger partial charge is 0.321 e. The third kappa shape index (κ3) is 3.24. The maximum Gasteiger partial charge on any atom is 0.321 e. The minimum Gasteiger partial charge on any atom is -0.324 e. The zero-order chi connectivity index (χ0) is 15.5. The average molecular weight is 317 g/mol. The minimum absolute atomic E-state index is 0.0707.